The molecule has 0 aliphatic heterocycles. The molecule has 0 atom stereocenters. The highest BCUT2D eigenvalue weighted by Crippen LogP contribution is 2.26. The fraction of sp³-hybridized carbons (Fsp3) is 0.0909. The number of carbonyl (C=O) groups excluding carboxylic acids is 1. The van der Waals surface area contributed by atoms with Crippen LogP contribution in [0.3, 0.4) is 0 Å². The second-order valence-corrected chi connectivity index (χ2v) is 6.65. The highest BCUT2D eigenvalue weighted by atomic mass is 35.5. The lowest BCUT2D eigenvalue weighted by Gasteiger charge is -2.12. The first-order chi connectivity index (χ1) is 12.9. The summed E-state index contributed by atoms with van der Waals surface area (Å²) in [6, 6.07) is 19.8. The Hall–Kier alpha value is -3.11. The van der Waals surface area contributed by atoms with Gasteiger partial charge in [-0.15, -0.1) is 0 Å². The van der Waals surface area contributed by atoms with E-state index in [1.54, 1.807) is 30.3 Å². The number of carboxylic acids is 1. The Morgan fingerprint density at radius 1 is 1.00 bits per heavy atom. The molecule has 3 aromatic rings. The van der Waals surface area contributed by atoms with E-state index < -0.39 is 5.97 Å². The maximum absolute atomic E-state index is 12.7. The van der Waals surface area contributed by atoms with Crippen LogP contribution < -0.4 is 5.32 Å². The quantitative estimate of drug-likeness (QED) is 0.640. The smallest absolute Gasteiger partial charge is 0.307 e. The Morgan fingerprint density at radius 3 is 2.41 bits per heavy atom. The van der Waals surface area contributed by atoms with Gasteiger partial charge in [0, 0.05) is 16.3 Å². The summed E-state index contributed by atoms with van der Waals surface area (Å²) in [6.45, 7) is 1.98. The maximum Gasteiger partial charge on any atom is 0.307 e. The van der Waals surface area contributed by atoms with Crippen molar-refractivity contribution in [1.82, 2.24) is 0 Å². The monoisotopic (exact) mass is 379 g/mol. The van der Waals surface area contributed by atoms with Gasteiger partial charge in [0.1, 0.15) is 0 Å². The number of hydrogen-bond donors (Lipinski definition) is 2. The first-order valence-electron chi connectivity index (χ1n) is 8.41. The minimum atomic E-state index is -0.947. The molecule has 0 aliphatic rings. The van der Waals surface area contributed by atoms with E-state index in [9.17, 15) is 9.59 Å². The van der Waals surface area contributed by atoms with Crippen molar-refractivity contribution >= 4 is 29.2 Å². The average molecular weight is 380 g/mol. The molecule has 5 heteroatoms. The summed E-state index contributed by atoms with van der Waals surface area (Å²) >= 11 is 5.96. The van der Waals surface area contributed by atoms with E-state index in [0.29, 0.717) is 21.8 Å². The van der Waals surface area contributed by atoms with Crippen LogP contribution in [-0.2, 0) is 11.2 Å². The summed E-state index contributed by atoms with van der Waals surface area (Å²) in [7, 11) is 0. The number of benzene rings is 3. The Kier molecular flexibility index (Phi) is 5.57. The normalized spacial score (nSPS) is 10.4. The summed E-state index contributed by atoms with van der Waals surface area (Å²) in [4.78, 5) is 23.7. The van der Waals surface area contributed by atoms with Crippen molar-refractivity contribution in [2.45, 2.75) is 13.3 Å². The zero-order valence-electron chi connectivity index (χ0n) is 14.7. The van der Waals surface area contributed by atoms with Crippen LogP contribution in [0, 0.1) is 6.92 Å². The number of carboxylic acid groups (broad SMARTS) is 1. The van der Waals surface area contributed by atoms with Crippen molar-refractivity contribution in [3.63, 3.8) is 0 Å². The number of halogens is 1. The molecule has 27 heavy (non-hydrogen) atoms. The van der Waals surface area contributed by atoms with Crippen LogP contribution in [0.1, 0.15) is 21.5 Å². The highest BCUT2D eigenvalue weighted by Gasteiger charge is 2.13. The van der Waals surface area contributed by atoms with E-state index in [1.807, 2.05) is 43.3 Å². The molecule has 0 aliphatic carbocycles. The van der Waals surface area contributed by atoms with Crippen molar-refractivity contribution in [3.05, 3.63) is 88.4 Å². The minimum Gasteiger partial charge on any atom is -0.481 e. The minimum absolute atomic E-state index is 0.152. The molecule has 3 aromatic carbocycles. The molecule has 4 nitrogen and oxygen atoms in total. The van der Waals surface area contributed by atoms with Crippen LogP contribution >= 0.6 is 11.6 Å². The first-order valence-corrected chi connectivity index (χ1v) is 8.79. The molecule has 0 saturated heterocycles. The molecule has 3 rings (SSSR count). The Labute approximate surface area is 162 Å². The van der Waals surface area contributed by atoms with Gasteiger partial charge in [-0.1, -0.05) is 48.0 Å². The van der Waals surface area contributed by atoms with Gasteiger partial charge in [-0.05, 0) is 59.5 Å². The molecule has 0 saturated carbocycles. The average Bonchev–Trinajstić information content (AvgIpc) is 2.64. The van der Waals surface area contributed by atoms with E-state index in [2.05, 4.69) is 5.32 Å². The number of rotatable bonds is 5. The van der Waals surface area contributed by atoms with Gasteiger partial charge < -0.3 is 10.4 Å². The number of anilines is 1. The number of para-hydroxylation sites is 1. The molecule has 136 valence electrons. The Morgan fingerprint density at radius 2 is 1.70 bits per heavy atom. The molecule has 0 heterocycles. The van der Waals surface area contributed by atoms with Crippen LogP contribution in [0.2, 0.25) is 5.02 Å². The second kappa shape index (κ2) is 8.06. The molecule has 0 spiro atoms. The van der Waals surface area contributed by atoms with Crippen molar-refractivity contribution in [1.29, 1.82) is 0 Å². The number of aliphatic carboxylic acids is 1. The topological polar surface area (TPSA) is 66.4 Å². The molecule has 0 unspecified atom stereocenters. The SMILES string of the molecule is Cc1ccc(C(=O)Nc2ccccc2CC(=O)O)cc1-c1ccc(Cl)cc1. The molecular formula is C22H18ClNO3. The standard InChI is InChI=1S/C22H18ClNO3/c1-14-6-7-17(12-19(14)15-8-10-18(23)11-9-15)22(27)24-20-5-3-2-4-16(20)13-21(25)26/h2-12H,13H2,1H3,(H,24,27)(H,25,26). The first kappa shape index (κ1) is 18.7. The third-order valence-corrected chi connectivity index (χ3v) is 4.51. The van der Waals surface area contributed by atoms with Gasteiger partial charge >= 0.3 is 5.97 Å². The van der Waals surface area contributed by atoms with Crippen molar-refractivity contribution in [3.8, 4) is 11.1 Å². The molecule has 1 amide bonds. The largest absolute Gasteiger partial charge is 0.481 e. The van der Waals surface area contributed by atoms with Gasteiger partial charge in [-0.2, -0.15) is 0 Å². The summed E-state index contributed by atoms with van der Waals surface area (Å²) in [5, 5.41) is 12.5. The number of amides is 1. The fourth-order valence-electron chi connectivity index (χ4n) is 2.86. The van der Waals surface area contributed by atoms with E-state index in [0.717, 1.165) is 16.7 Å². The highest BCUT2D eigenvalue weighted by molar-refractivity contribution is 6.30. The second-order valence-electron chi connectivity index (χ2n) is 6.22. The zero-order valence-corrected chi connectivity index (χ0v) is 15.5. The van der Waals surface area contributed by atoms with Gasteiger partial charge in [-0.25, -0.2) is 0 Å². The van der Waals surface area contributed by atoms with Crippen molar-refractivity contribution < 1.29 is 14.7 Å². The van der Waals surface area contributed by atoms with E-state index in [-0.39, 0.29) is 12.3 Å². The van der Waals surface area contributed by atoms with Crippen LogP contribution in [0.5, 0.6) is 0 Å². The Bertz CT molecular complexity index is 997. The Balaban J connectivity index is 1.89. The number of nitrogens with one attached hydrogen (secondary N) is 1. The molecule has 0 bridgehead atoms. The van der Waals surface area contributed by atoms with Crippen molar-refractivity contribution in [2.75, 3.05) is 5.32 Å². The number of carbonyl (C=O) groups is 2. The summed E-state index contributed by atoms with van der Waals surface area (Å²) in [5.74, 6) is -1.24. The molecule has 0 fully saturated rings. The van der Waals surface area contributed by atoms with Gasteiger partial charge in [0.05, 0.1) is 6.42 Å². The summed E-state index contributed by atoms with van der Waals surface area (Å²) in [6.07, 6.45) is -0.152. The van der Waals surface area contributed by atoms with Crippen LogP contribution in [0.25, 0.3) is 11.1 Å². The van der Waals surface area contributed by atoms with E-state index in [1.165, 1.54) is 0 Å². The van der Waals surface area contributed by atoms with Crippen LogP contribution in [0.4, 0.5) is 5.69 Å². The van der Waals surface area contributed by atoms with Gasteiger partial charge in [0.25, 0.3) is 5.91 Å². The van der Waals surface area contributed by atoms with E-state index >= 15 is 0 Å². The van der Waals surface area contributed by atoms with Crippen LogP contribution in [-0.4, -0.2) is 17.0 Å². The fourth-order valence-corrected chi connectivity index (χ4v) is 2.98. The predicted molar refractivity (Wildman–Crippen MR) is 107 cm³/mol. The van der Waals surface area contributed by atoms with Gasteiger partial charge in [0.15, 0.2) is 0 Å². The molecule has 2 N–H and O–H groups in total. The lowest BCUT2D eigenvalue weighted by atomic mass is 9.98. The third kappa shape index (κ3) is 4.54. The molecule has 0 aromatic heterocycles. The lowest BCUT2D eigenvalue weighted by molar-refractivity contribution is -0.136. The zero-order chi connectivity index (χ0) is 19.4. The van der Waals surface area contributed by atoms with Crippen LogP contribution in [0.15, 0.2) is 66.7 Å². The lowest BCUT2D eigenvalue weighted by Crippen LogP contribution is -2.14. The van der Waals surface area contributed by atoms with Crippen molar-refractivity contribution in [2.24, 2.45) is 0 Å². The predicted octanol–water partition coefficient (Wildman–Crippen LogP) is 5.19. The molecule has 0 radical (unpaired) electrons. The van der Waals surface area contributed by atoms with Gasteiger partial charge in [0.2, 0.25) is 0 Å². The molecular weight excluding hydrogens is 362 g/mol. The third-order valence-electron chi connectivity index (χ3n) is 4.26. The number of aryl methyl sites for hydroxylation is 1. The summed E-state index contributed by atoms with van der Waals surface area (Å²) < 4.78 is 0. The number of hydrogen-bond acceptors (Lipinski definition) is 2. The summed E-state index contributed by atoms with van der Waals surface area (Å²) in [5.41, 5.74) is 4.51. The van der Waals surface area contributed by atoms with Gasteiger partial charge in [-0.3, -0.25) is 9.59 Å². The maximum atomic E-state index is 12.7. The van der Waals surface area contributed by atoms with E-state index in [4.69, 9.17) is 16.7 Å².